The zero-order valence-corrected chi connectivity index (χ0v) is 13.2. The van der Waals surface area contributed by atoms with Gasteiger partial charge in [-0.1, -0.05) is 20.8 Å². The second kappa shape index (κ2) is 6.58. The Labute approximate surface area is 116 Å². The van der Waals surface area contributed by atoms with Gasteiger partial charge in [-0.3, -0.25) is 0 Å². The summed E-state index contributed by atoms with van der Waals surface area (Å²) >= 11 is 0. The van der Waals surface area contributed by atoms with Gasteiger partial charge in [0.25, 0.3) is 0 Å². The van der Waals surface area contributed by atoms with Crippen LogP contribution in [-0.4, -0.2) is 26.9 Å². The molecule has 2 unspecified atom stereocenters. The van der Waals surface area contributed by atoms with E-state index in [0.717, 1.165) is 19.3 Å². The van der Waals surface area contributed by atoms with E-state index in [1.165, 1.54) is 6.42 Å². The molecule has 1 rings (SSSR count). The second-order valence-corrected chi connectivity index (χ2v) is 9.25. The van der Waals surface area contributed by atoms with Gasteiger partial charge in [0.2, 0.25) is 9.05 Å². The van der Waals surface area contributed by atoms with E-state index in [2.05, 4.69) is 20.8 Å². The third-order valence-electron chi connectivity index (χ3n) is 3.48. The lowest BCUT2D eigenvalue weighted by Crippen LogP contribution is -2.32. The second-order valence-electron chi connectivity index (χ2n) is 6.36. The molecule has 0 heterocycles. The maximum atomic E-state index is 10.7. The molecular formula is C13H25ClO3S. The van der Waals surface area contributed by atoms with Crippen molar-refractivity contribution in [3.8, 4) is 0 Å². The average Bonchev–Trinajstić information content (AvgIpc) is 2.11. The lowest BCUT2D eigenvalue weighted by atomic mass is 9.71. The van der Waals surface area contributed by atoms with Crippen molar-refractivity contribution >= 4 is 19.7 Å². The number of hydrogen-bond acceptors (Lipinski definition) is 3. The molecule has 0 spiro atoms. The molecule has 0 amide bonds. The summed E-state index contributed by atoms with van der Waals surface area (Å²) in [5.41, 5.74) is 0.363. The number of ether oxygens (including phenoxy) is 1. The highest BCUT2D eigenvalue weighted by Gasteiger charge is 2.32. The van der Waals surface area contributed by atoms with Crippen molar-refractivity contribution in [1.82, 2.24) is 0 Å². The van der Waals surface area contributed by atoms with Crippen LogP contribution >= 0.6 is 10.7 Å². The summed E-state index contributed by atoms with van der Waals surface area (Å²) in [6, 6.07) is 0. The average molecular weight is 297 g/mol. The van der Waals surface area contributed by atoms with Gasteiger partial charge in [0.15, 0.2) is 0 Å². The Hall–Kier alpha value is 0.200. The van der Waals surface area contributed by atoms with Crippen LogP contribution in [0, 0.1) is 11.3 Å². The Morgan fingerprint density at radius 1 is 1.28 bits per heavy atom. The molecule has 2 atom stereocenters. The number of halogens is 1. The lowest BCUT2D eigenvalue weighted by Gasteiger charge is -2.38. The predicted octanol–water partition coefficient (Wildman–Crippen LogP) is 3.57. The van der Waals surface area contributed by atoms with E-state index in [1.54, 1.807) is 0 Å². The smallest absolute Gasteiger partial charge is 0.232 e. The van der Waals surface area contributed by atoms with Crippen LogP contribution < -0.4 is 0 Å². The molecule has 1 aliphatic rings. The zero-order chi connectivity index (χ0) is 13.8. The summed E-state index contributed by atoms with van der Waals surface area (Å²) in [5.74, 6) is 0.756. The van der Waals surface area contributed by atoms with Gasteiger partial charge < -0.3 is 4.74 Å². The zero-order valence-electron chi connectivity index (χ0n) is 11.6. The largest absolute Gasteiger partial charge is 0.378 e. The van der Waals surface area contributed by atoms with E-state index in [1.807, 2.05) is 0 Å². The fourth-order valence-corrected chi connectivity index (χ4v) is 3.89. The molecule has 1 fully saturated rings. The van der Waals surface area contributed by atoms with Gasteiger partial charge in [0.1, 0.15) is 0 Å². The molecule has 0 radical (unpaired) electrons. The van der Waals surface area contributed by atoms with Crippen LogP contribution in [0.5, 0.6) is 0 Å². The summed E-state index contributed by atoms with van der Waals surface area (Å²) in [5, 5.41) is 0. The Balaban J connectivity index is 2.19. The van der Waals surface area contributed by atoms with E-state index in [-0.39, 0.29) is 5.75 Å². The monoisotopic (exact) mass is 296 g/mol. The number of unbranched alkanes of at least 4 members (excludes halogenated alkanes) is 1. The molecule has 0 aromatic heterocycles. The van der Waals surface area contributed by atoms with Crippen molar-refractivity contribution in [1.29, 1.82) is 0 Å². The molecule has 3 nitrogen and oxygen atoms in total. The first kappa shape index (κ1) is 16.3. The minimum atomic E-state index is -3.34. The van der Waals surface area contributed by atoms with E-state index < -0.39 is 9.05 Å². The van der Waals surface area contributed by atoms with Gasteiger partial charge in [-0.15, -0.1) is 0 Å². The third kappa shape index (κ3) is 6.95. The molecule has 1 aliphatic carbocycles. The van der Waals surface area contributed by atoms with Crippen LogP contribution in [0.4, 0.5) is 0 Å². The molecule has 0 aromatic rings. The maximum Gasteiger partial charge on any atom is 0.232 e. The predicted molar refractivity (Wildman–Crippen MR) is 75.4 cm³/mol. The molecule has 5 heteroatoms. The minimum Gasteiger partial charge on any atom is -0.378 e. The molecule has 0 saturated heterocycles. The first-order valence-corrected chi connectivity index (χ1v) is 9.20. The quantitative estimate of drug-likeness (QED) is 0.556. The molecule has 0 aromatic carbocycles. The Kier molecular flexibility index (Phi) is 5.94. The van der Waals surface area contributed by atoms with Gasteiger partial charge in [-0.2, -0.15) is 0 Å². The Morgan fingerprint density at radius 3 is 2.50 bits per heavy atom. The summed E-state index contributed by atoms with van der Waals surface area (Å²) in [6.45, 7) is 7.50. The Morgan fingerprint density at radius 2 is 1.94 bits per heavy atom. The van der Waals surface area contributed by atoms with E-state index in [4.69, 9.17) is 15.4 Å². The molecule has 0 N–H and O–H groups in total. The Bertz CT molecular complexity index is 351. The fourth-order valence-electron chi connectivity index (χ4n) is 3.01. The van der Waals surface area contributed by atoms with Crippen molar-refractivity contribution in [2.45, 2.75) is 59.0 Å². The first-order chi connectivity index (χ1) is 8.18. The first-order valence-electron chi connectivity index (χ1n) is 6.72. The van der Waals surface area contributed by atoms with Crippen molar-refractivity contribution in [3.63, 3.8) is 0 Å². The van der Waals surface area contributed by atoms with Crippen LogP contribution in [-0.2, 0) is 13.8 Å². The highest BCUT2D eigenvalue weighted by molar-refractivity contribution is 8.13. The van der Waals surface area contributed by atoms with Gasteiger partial charge in [0.05, 0.1) is 11.9 Å². The molecule has 108 valence electrons. The maximum absolute atomic E-state index is 10.7. The van der Waals surface area contributed by atoms with Crippen molar-refractivity contribution in [2.24, 2.45) is 11.3 Å². The molecular weight excluding hydrogens is 272 g/mol. The molecule has 0 bridgehead atoms. The topological polar surface area (TPSA) is 43.4 Å². The highest BCUT2D eigenvalue weighted by Crippen LogP contribution is 2.39. The van der Waals surface area contributed by atoms with Crippen molar-refractivity contribution in [2.75, 3.05) is 12.4 Å². The SMILES string of the molecule is CC1CC(OCCCCS(=O)(=O)Cl)CC(C)(C)C1. The van der Waals surface area contributed by atoms with E-state index in [0.29, 0.717) is 30.5 Å². The van der Waals surface area contributed by atoms with Crippen molar-refractivity contribution in [3.05, 3.63) is 0 Å². The van der Waals surface area contributed by atoms with E-state index >= 15 is 0 Å². The van der Waals surface area contributed by atoms with Crippen LogP contribution in [0.25, 0.3) is 0 Å². The molecule has 1 saturated carbocycles. The number of hydrogen-bond donors (Lipinski definition) is 0. The number of rotatable bonds is 6. The summed E-state index contributed by atoms with van der Waals surface area (Å²) < 4.78 is 27.4. The van der Waals surface area contributed by atoms with Gasteiger partial charge in [-0.05, 0) is 43.4 Å². The molecule has 18 heavy (non-hydrogen) atoms. The van der Waals surface area contributed by atoms with Gasteiger partial charge in [-0.25, -0.2) is 8.42 Å². The molecule has 0 aliphatic heterocycles. The van der Waals surface area contributed by atoms with Crippen LogP contribution in [0.1, 0.15) is 52.9 Å². The minimum absolute atomic E-state index is 0.0461. The summed E-state index contributed by atoms with van der Waals surface area (Å²) in [4.78, 5) is 0. The van der Waals surface area contributed by atoms with Gasteiger partial charge >= 0.3 is 0 Å². The summed E-state index contributed by atoms with van der Waals surface area (Å²) in [7, 11) is 1.81. The lowest BCUT2D eigenvalue weighted by molar-refractivity contribution is -0.0236. The van der Waals surface area contributed by atoms with Crippen LogP contribution in [0.3, 0.4) is 0 Å². The van der Waals surface area contributed by atoms with Crippen LogP contribution in [0.2, 0.25) is 0 Å². The summed E-state index contributed by atoms with van der Waals surface area (Å²) in [6.07, 6.45) is 5.16. The van der Waals surface area contributed by atoms with Crippen molar-refractivity contribution < 1.29 is 13.2 Å². The highest BCUT2D eigenvalue weighted by atomic mass is 35.7. The fraction of sp³-hybridized carbons (Fsp3) is 1.00. The van der Waals surface area contributed by atoms with Crippen LogP contribution in [0.15, 0.2) is 0 Å². The third-order valence-corrected chi connectivity index (χ3v) is 4.72. The van der Waals surface area contributed by atoms with E-state index in [9.17, 15) is 8.42 Å². The normalized spacial score (nSPS) is 28.2. The standard InChI is InChI=1S/C13H25ClO3S/c1-11-8-12(10-13(2,3)9-11)17-6-4-5-7-18(14,15)16/h11-12H,4-10H2,1-3H3. The van der Waals surface area contributed by atoms with Gasteiger partial charge in [0, 0.05) is 17.3 Å².